The fourth-order valence-electron chi connectivity index (χ4n) is 2.46. The van der Waals surface area contributed by atoms with Crippen molar-refractivity contribution in [3.63, 3.8) is 0 Å². The molecule has 1 aromatic rings. The maximum Gasteiger partial charge on any atom is 0.108 e. The van der Waals surface area contributed by atoms with Crippen LogP contribution < -0.4 is 5.32 Å². The summed E-state index contributed by atoms with van der Waals surface area (Å²) in [6.07, 6.45) is -3.38. The average Bonchev–Trinajstić information content (AvgIpc) is 2.61. The first-order chi connectivity index (χ1) is 8.65. The van der Waals surface area contributed by atoms with E-state index in [0.717, 1.165) is 5.56 Å². The predicted molar refractivity (Wildman–Crippen MR) is 65.7 cm³/mol. The van der Waals surface area contributed by atoms with Crippen LogP contribution in [-0.2, 0) is 6.54 Å². The molecule has 1 aliphatic carbocycles. The minimum absolute atomic E-state index is 0.276. The van der Waals surface area contributed by atoms with Crippen LogP contribution in [0.15, 0.2) is 30.3 Å². The summed E-state index contributed by atoms with van der Waals surface area (Å²) in [7, 11) is 0. The zero-order valence-corrected chi connectivity index (χ0v) is 9.98. The van der Waals surface area contributed by atoms with Crippen molar-refractivity contribution in [1.29, 1.82) is 0 Å². The number of benzene rings is 1. The molecule has 0 aromatic heterocycles. The van der Waals surface area contributed by atoms with Crippen molar-refractivity contribution in [3.8, 4) is 0 Å². The maximum atomic E-state index is 9.82. The largest absolute Gasteiger partial charge is 0.396 e. The van der Waals surface area contributed by atoms with Crippen molar-refractivity contribution in [3.05, 3.63) is 35.9 Å². The van der Waals surface area contributed by atoms with Gasteiger partial charge in [0.1, 0.15) is 6.10 Å². The summed E-state index contributed by atoms with van der Waals surface area (Å²) < 4.78 is 0. The second kappa shape index (κ2) is 5.77. The standard InChI is InChI=1S/C13H19NO4/c15-7-9-10(12(17)13(18)11(9)16)14-6-8-4-2-1-3-5-8/h1-5,9-18H,6-7H2/t9-,10+,11+,12+,13-/m0/s1. The highest BCUT2D eigenvalue weighted by Crippen LogP contribution is 2.27. The third kappa shape index (κ3) is 2.55. The summed E-state index contributed by atoms with van der Waals surface area (Å²) >= 11 is 0. The maximum absolute atomic E-state index is 9.82. The Morgan fingerprint density at radius 3 is 2.22 bits per heavy atom. The van der Waals surface area contributed by atoms with E-state index in [1.807, 2.05) is 30.3 Å². The topological polar surface area (TPSA) is 93.0 Å². The van der Waals surface area contributed by atoms with E-state index in [1.54, 1.807) is 0 Å². The quantitative estimate of drug-likeness (QED) is 0.467. The zero-order valence-electron chi connectivity index (χ0n) is 9.98. The van der Waals surface area contributed by atoms with Crippen LogP contribution in [-0.4, -0.2) is 51.4 Å². The highest BCUT2D eigenvalue weighted by molar-refractivity contribution is 5.15. The molecule has 0 heterocycles. The van der Waals surface area contributed by atoms with E-state index < -0.39 is 30.3 Å². The fraction of sp³-hybridized carbons (Fsp3) is 0.538. The van der Waals surface area contributed by atoms with Crippen LogP contribution in [0.1, 0.15) is 5.56 Å². The molecule has 5 N–H and O–H groups in total. The van der Waals surface area contributed by atoms with Crippen molar-refractivity contribution in [1.82, 2.24) is 5.32 Å². The summed E-state index contributed by atoms with van der Waals surface area (Å²) in [5.41, 5.74) is 1.04. The van der Waals surface area contributed by atoms with Gasteiger partial charge in [0.05, 0.1) is 18.8 Å². The Labute approximate surface area is 106 Å². The van der Waals surface area contributed by atoms with Gasteiger partial charge in [0.2, 0.25) is 0 Å². The molecule has 1 aromatic carbocycles. The minimum atomic E-state index is -1.21. The molecule has 5 nitrogen and oxygen atoms in total. The number of rotatable bonds is 4. The van der Waals surface area contributed by atoms with Gasteiger partial charge in [0, 0.05) is 18.5 Å². The highest BCUT2D eigenvalue weighted by atomic mass is 16.4. The average molecular weight is 253 g/mol. The second-order valence-electron chi connectivity index (χ2n) is 4.71. The van der Waals surface area contributed by atoms with E-state index in [0.29, 0.717) is 6.54 Å². The van der Waals surface area contributed by atoms with Gasteiger partial charge in [0.15, 0.2) is 0 Å². The predicted octanol–water partition coefficient (Wildman–Crippen LogP) is -1.15. The molecule has 5 heteroatoms. The smallest absolute Gasteiger partial charge is 0.108 e. The SMILES string of the molecule is OC[C@@H]1[C@@H](O)[C@H](O)[C@H](O)[C@@H]1NCc1ccccc1. The Bertz CT molecular complexity index is 373. The third-order valence-electron chi connectivity index (χ3n) is 3.56. The van der Waals surface area contributed by atoms with Gasteiger partial charge in [-0.3, -0.25) is 0 Å². The number of hydrogen-bond donors (Lipinski definition) is 5. The first kappa shape index (κ1) is 13.5. The van der Waals surface area contributed by atoms with Crippen molar-refractivity contribution in [2.75, 3.05) is 6.61 Å². The molecular formula is C13H19NO4. The Hall–Kier alpha value is -0.980. The van der Waals surface area contributed by atoms with Gasteiger partial charge in [-0.2, -0.15) is 0 Å². The normalized spacial score (nSPS) is 35.9. The van der Waals surface area contributed by atoms with Gasteiger partial charge >= 0.3 is 0 Å². The molecule has 0 aliphatic heterocycles. The van der Waals surface area contributed by atoms with Crippen molar-refractivity contribution in [2.24, 2.45) is 5.92 Å². The van der Waals surface area contributed by atoms with Crippen LogP contribution in [0.2, 0.25) is 0 Å². The lowest BCUT2D eigenvalue weighted by Gasteiger charge is -2.22. The van der Waals surface area contributed by atoms with Gasteiger partial charge in [-0.05, 0) is 5.56 Å². The van der Waals surface area contributed by atoms with E-state index in [1.165, 1.54) is 0 Å². The molecule has 1 aliphatic rings. The van der Waals surface area contributed by atoms with Crippen LogP contribution in [0.4, 0.5) is 0 Å². The van der Waals surface area contributed by atoms with Crippen molar-refractivity contribution in [2.45, 2.75) is 30.9 Å². The lowest BCUT2D eigenvalue weighted by atomic mass is 10.0. The molecule has 5 atom stereocenters. The third-order valence-corrected chi connectivity index (χ3v) is 3.56. The van der Waals surface area contributed by atoms with Crippen molar-refractivity contribution >= 4 is 0 Å². The molecule has 18 heavy (non-hydrogen) atoms. The minimum Gasteiger partial charge on any atom is -0.396 e. The molecule has 0 saturated heterocycles. The molecule has 0 amide bonds. The van der Waals surface area contributed by atoms with Gasteiger partial charge in [-0.15, -0.1) is 0 Å². The highest BCUT2D eigenvalue weighted by Gasteiger charge is 2.48. The second-order valence-corrected chi connectivity index (χ2v) is 4.71. The van der Waals surface area contributed by atoms with Crippen LogP contribution in [0, 0.1) is 5.92 Å². The van der Waals surface area contributed by atoms with Crippen LogP contribution in [0.3, 0.4) is 0 Å². The van der Waals surface area contributed by atoms with E-state index >= 15 is 0 Å². The first-order valence-corrected chi connectivity index (χ1v) is 6.07. The lowest BCUT2D eigenvalue weighted by molar-refractivity contribution is -0.0312. The summed E-state index contributed by atoms with van der Waals surface area (Å²) in [5.74, 6) is -0.557. The van der Waals surface area contributed by atoms with Crippen LogP contribution in [0.5, 0.6) is 0 Å². The summed E-state index contributed by atoms with van der Waals surface area (Å²) in [4.78, 5) is 0. The van der Waals surface area contributed by atoms with E-state index in [9.17, 15) is 20.4 Å². The number of nitrogens with one attached hydrogen (secondary N) is 1. The summed E-state index contributed by atoms with van der Waals surface area (Å²) in [6.45, 7) is 0.236. The fourth-order valence-corrected chi connectivity index (χ4v) is 2.46. The Morgan fingerprint density at radius 1 is 0.944 bits per heavy atom. The first-order valence-electron chi connectivity index (χ1n) is 6.07. The van der Waals surface area contributed by atoms with Crippen molar-refractivity contribution < 1.29 is 20.4 Å². The Balaban J connectivity index is 1.99. The monoisotopic (exact) mass is 253 g/mol. The molecule has 0 unspecified atom stereocenters. The molecule has 1 fully saturated rings. The van der Waals surface area contributed by atoms with Gasteiger partial charge < -0.3 is 25.7 Å². The Kier molecular flexibility index (Phi) is 4.31. The molecule has 0 spiro atoms. The number of hydrogen-bond acceptors (Lipinski definition) is 5. The van der Waals surface area contributed by atoms with Gasteiger partial charge in [-0.25, -0.2) is 0 Å². The molecular weight excluding hydrogens is 234 g/mol. The van der Waals surface area contributed by atoms with Gasteiger partial charge in [0.25, 0.3) is 0 Å². The summed E-state index contributed by atoms with van der Waals surface area (Å²) in [6, 6.07) is 9.10. The molecule has 0 bridgehead atoms. The molecule has 2 rings (SSSR count). The lowest BCUT2D eigenvalue weighted by Crippen LogP contribution is -2.43. The summed E-state index contributed by atoms with van der Waals surface area (Å²) in [5, 5.41) is 41.4. The molecule has 100 valence electrons. The number of aliphatic hydroxyl groups excluding tert-OH is 4. The molecule has 1 saturated carbocycles. The van der Waals surface area contributed by atoms with E-state index in [-0.39, 0.29) is 6.61 Å². The number of aliphatic hydroxyl groups is 4. The van der Waals surface area contributed by atoms with Gasteiger partial charge in [-0.1, -0.05) is 30.3 Å². The molecule has 0 radical (unpaired) electrons. The van der Waals surface area contributed by atoms with Crippen LogP contribution >= 0.6 is 0 Å². The Morgan fingerprint density at radius 2 is 1.61 bits per heavy atom. The zero-order chi connectivity index (χ0) is 13.1. The van der Waals surface area contributed by atoms with Crippen LogP contribution in [0.25, 0.3) is 0 Å². The van der Waals surface area contributed by atoms with E-state index in [2.05, 4.69) is 5.32 Å². The van der Waals surface area contributed by atoms with E-state index in [4.69, 9.17) is 0 Å².